The van der Waals surface area contributed by atoms with E-state index in [2.05, 4.69) is 0 Å². The van der Waals surface area contributed by atoms with Gasteiger partial charge in [-0.3, -0.25) is 4.79 Å². The third kappa shape index (κ3) is 4.94. The lowest BCUT2D eigenvalue weighted by Crippen LogP contribution is -2.43. The standard InChI is InChI=1S/C6H11F3N2O.ClH/c1-2-11(4-3-10)5(12)6(7,8)9;/h2-4,10H2,1H3;1H. The zero-order valence-electron chi connectivity index (χ0n) is 7.10. The molecule has 0 aromatic heterocycles. The molecule has 0 saturated heterocycles. The molecule has 80 valence electrons. The summed E-state index contributed by atoms with van der Waals surface area (Å²) in [5, 5.41) is 0. The summed E-state index contributed by atoms with van der Waals surface area (Å²) in [6.07, 6.45) is -4.79. The molecule has 0 aromatic rings. The number of hydrogen-bond donors (Lipinski definition) is 1. The molecule has 0 saturated carbocycles. The van der Waals surface area contributed by atoms with Gasteiger partial charge in [0.05, 0.1) is 0 Å². The van der Waals surface area contributed by atoms with Crippen LogP contribution in [0.3, 0.4) is 0 Å². The van der Waals surface area contributed by atoms with Gasteiger partial charge in [0.25, 0.3) is 0 Å². The molecule has 0 aromatic carbocycles. The maximum atomic E-state index is 11.8. The number of nitrogens with two attached hydrogens (primary N) is 1. The third-order valence-electron chi connectivity index (χ3n) is 1.31. The number of nitrogens with zero attached hydrogens (tertiary/aromatic N) is 1. The summed E-state index contributed by atoms with van der Waals surface area (Å²) in [5.41, 5.74) is 5.02. The Kier molecular flexibility index (Phi) is 6.97. The van der Waals surface area contributed by atoms with Gasteiger partial charge in [0.15, 0.2) is 0 Å². The number of carbonyl (C=O) groups is 1. The third-order valence-corrected chi connectivity index (χ3v) is 1.31. The highest BCUT2D eigenvalue weighted by Gasteiger charge is 2.41. The van der Waals surface area contributed by atoms with Crippen molar-refractivity contribution in [2.24, 2.45) is 5.73 Å². The maximum absolute atomic E-state index is 11.8. The van der Waals surface area contributed by atoms with Crippen LogP contribution >= 0.6 is 12.4 Å². The topological polar surface area (TPSA) is 46.3 Å². The van der Waals surface area contributed by atoms with E-state index in [0.29, 0.717) is 4.90 Å². The molecule has 1 amide bonds. The average molecular weight is 221 g/mol. The van der Waals surface area contributed by atoms with Crippen molar-refractivity contribution in [2.75, 3.05) is 19.6 Å². The lowest BCUT2D eigenvalue weighted by molar-refractivity contribution is -0.185. The van der Waals surface area contributed by atoms with E-state index in [1.54, 1.807) is 0 Å². The summed E-state index contributed by atoms with van der Waals surface area (Å²) in [4.78, 5) is 11.2. The minimum absolute atomic E-state index is 0. The molecule has 0 unspecified atom stereocenters. The molecular weight excluding hydrogens is 209 g/mol. The van der Waals surface area contributed by atoms with Gasteiger partial charge < -0.3 is 10.6 Å². The minimum atomic E-state index is -4.79. The van der Waals surface area contributed by atoms with Crippen molar-refractivity contribution in [3.8, 4) is 0 Å². The van der Waals surface area contributed by atoms with Crippen molar-refractivity contribution in [1.29, 1.82) is 0 Å². The molecular formula is C6H12ClF3N2O. The first-order valence-electron chi connectivity index (χ1n) is 3.49. The van der Waals surface area contributed by atoms with Crippen LogP contribution in [0.1, 0.15) is 6.92 Å². The predicted molar refractivity (Wildman–Crippen MR) is 44.6 cm³/mol. The van der Waals surface area contributed by atoms with Gasteiger partial charge in [-0.25, -0.2) is 0 Å². The number of halogens is 4. The van der Waals surface area contributed by atoms with E-state index in [-0.39, 0.29) is 32.0 Å². The van der Waals surface area contributed by atoms with Gasteiger partial charge in [0, 0.05) is 19.6 Å². The lowest BCUT2D eigenvalue weighted by atomic mass is 10.4. The summed E-state index contributed by atoms with van der Waals surface area (Å²) in [7, 11) is 0. The van der Waals surface area contributed by atoms with Crippen molar-refractivity contribution in [2.45, 2.75) is 13.1 Å². The van der Waals surface area contributed by atoms with Crippen molar-refractivity contribution in [3.05, 3.63) is 0 Å². The molecule has 0 spiro atoms. The zero-order valence-corrected chi connectivity index (χ0v) is 7.91. The summed E-state index contributed by atoms with van der Waals surface area (Å²) in [6.45, 7) is 1.47. The Morgan fingerprint density at radius 3 is 2.15 bits per heavy atom. The molecule has 2 N–H and O–H groups in total. The van der Waals surface area contributed by atoms with Crippen LogP contribution in [0.15, 0.2) is 0 Å². The number of alkyl halides is 3. The SMILES string of the molecule is CCN(CCN)C(=O)C(F)(F)F.Cl. The highest BCUT2D eigenvalue weighted by molar-refractivity contribution is 5.85. The molecule has 0 radical (unpaired) electrons. The fourth-order valence-electron chi connectivity index (χ4n) is 0.738. The minimum Gasteiger partial charge on any atom is -0.334 e. The van der Waals surface area contributed by atoms with E-state index >= 15 is 0 Å². The van der Waals surface area contributed by atoms with Gasteiger partial charge in [-0.15, -0.1) is 12.4 Å². The maximum Gasteiger partial charge on any atom is 0.471 e. The van der Waals surface area contributed by atoms with Crippen LogP contribution in [0.4, 0.5) is 13.2 Å². The highest BCUT2D eigenvalue weighted by Crippen LogP contribution is 2.17. The summed E-state index contributed by atoms with van der Waals surface area (Å²) in [6, 6.07) is 0. The number of likely N-dealkylation sites (N-methyl/N-ethyl adjacent to an activating group) is 1. The first-order valence-corrected chi connectivity index (χ1v) is 3.49. The van der Waals surface area contributed by atoms with Crippen LogP contribution in [0.5, 0.6) is 0 Å². The summed E-state index contributed by atoms with van der Waals surface area (Å²) in [5.74, 6) is -1.82. The Hall–Kier alpha value is -0.490. The van der Waals surface area contributed by atoms with E-state index in [4.69, 9.17) is 5.73 Å². The molecule has 3 nitrogen and oxygen atoms in total. The Morgan fingerprint density at radius 2 is 1.92 bits per heavy atom. The van der Waals surface area contributed by atoms with E-state index in [1.807, 2.05) is 0 Å². The monoisotopic (exact) mass is 220 g/mol. The lowest BCUT2D eigenvalue weighted by Gasteiger charge is -2.20. The second-order valence-corrected chi connectivity index (χ2v) is 2.17. The number of rotatable bonds is 3. The van der Waals surface area contributed by atoms with Crippen LogP contribution < -0.4 is 5.73 Å². The number of carbonyl (C=O) groups excluding carboxylic acids is 1. The molecule has 0 aliphatic carbocycles. The van der Waals surface area contributed by atoms with Crippen LogP contribution in [0.25, 0.3) is 0 Å². The smallest absolute Gasteiger partial charge is 0.334 e. The molecule has 0 bridgehead atoms. The Morgan fingerprint density at radius 1 is 1.46 bits per heavy atom. The van der Waals surface area contributed by atoms with Gasteiger partial charge in [0.2, 0.25) is 0 Å². The van der Waals surface area contributed by atoms with Crippen LogP contribution in [0, 0.1) is 0 Å². The summed E-state index contributed by atoms with van der Waals surface area (Å²) < 4.78 is 35.3. The van der Waals surface area contributed by atoms with Gasteiger partial charge in [-0.05, 0) is 6.92 Å². The zero-order chi connectivity index (χ0) is 9.78. The Balaban J connectivity index is 0. The first-order chi connectivity index (χ1) is 5.43. The molecule has 0 rings (SSSR count). The fourth-order valence-corrected chi connectivity index (χ4v) is 0.738. The second kappa shape index (κ2) is 6.04. The average Bonchev–Trinajstić information content (AvgIpc) is 1.97. The highest BCUT2D eigenvalue weighted by atomic mass is 35.5. The normalized spacial score (nSPS) is 10.5. The molecule has 0 aliphatic rings. The molecule has 0 aliphatic heterocycles. The van der Waals surface area contributed by atoms with Crippen LogP contribution in [-0.4, -0.2) is 36.6 Å². The van der Waals surface area contributed by atoms with E-state index in [1.165, 1.54) is 6.92 Å². The first kappa shape index (κ1) is 15.0. The van der Waals surface area contributed by atoms with Crippen molar-refractivity contribution < 1.29 is 18.0 Å². The van der Waals surface area contributed by atoms with E-state index in [0.717, 1.165) is 0 Å². The number of hydrogen-bond acceptors (Lipinski definition) is 2. The molecule has 13 heavy (non-hydrogen) atoms. The van der Waals surface area contributed by atoms with Gasteiger partial charge in [-0.1, -0.05) is 0 Å². The summed E-state index contributed by atoms with van der Waals surface area (Å²) >= 11 is 0. The molecule has 0 atom stereocenters. The van der Waals surface area contributed by atoms with Gasteiger partial charge >= 0.3 is 12.1 Å². The quantitative estimate of drug-likeness (QED) is 0.764. The Labute approximate surface area is 80.5 Å². The molecule has 0 heterocycles. The van der Waals surface area contributed by atoms with Crippen LogP contribution in [-0.2, 0) is 4.79 Å². The second-order valence-electron chi connectivity index (χ2n) is 2.17. The van der Waals surface area contributed by atoms with E-state index in [9.17, 15) is 18.0 Å². The van der Waals surface area contributed by atoms with Crippen molar-refractivity contribution >= 4 is 18.3 Å². The van der Waals surface area contributed by atoms with Crippen LogP contribution in [0.2, 0.25) is 0 Å². The van der Waals surface area contributed by atoms with Gasteiger partial charge in [0.1, 0.15) is 0 Å². The van der Waals surface area contributed by atoms with Crippen molar-refractivity contribution in [3.63, 3.8) is 0 Å². The Bertz CT molecular complexity index is 162. The predicted octanol–water partition coefficient (Wildman–Crippen LogP) is 0.778. The molecule has 0 fully saturated rings. The molecule has 7 heteroatoms. The fraction of sp³-hybridized carbons (Fsp3) is 0.833. The van der Waals surface area contributed by atoms with Crippen molar-refractivity contribution in [1.82, 2.24) is 4.90 Å². The number of amides is 1. The largest absolute Gasteiger partial charge is 0.471 e. The van der Waals surface area contributed by atoms with E-state index < -0.39 is 12.1 Å². The van der Waals surface area contributed by atoms with Gasteiger partial charge in [-0.2, -0.15) is 13.2 Å².